The van der Waals surface area contributed by atoms with Gasteiger partial charge in [-0.3, -0.25) is 4.79 Å². The highest BCUT2D eigenvalue weighted by Crippen LogP contribution is 2.37. The number of aliphatic carboxylic acids is 1. The maximum absolute atomic E-state index is 10.9. The maximum Gasteiger partial charge on any atom is 0.305 e. The first-order valence-corrected chi connectivity index (χ1v) is 9.10. The summed E-state index contributed by atoms with van der Waals surface area (Å²) in [5, 5.41) is 12.0. The second kappa shape index (κ2) is 7.19. The molecule has 1 aromatic carbocycles. The van der Waals surface area contributed by atoms with Crippen molar-refractivity contribution in [3.63, 3.8) is 0 Å². The molecule has 6 heteroatoms. The number of carboxylic acids is 1. The first kappa shape index (κ1) is 17.4. The Balaban J connectivity index is 2.03. The molecule has 25 heavy (non-hydrogen) atoms. The van der Waals surface area contributed by atoms with Gasteiger partial charge in [-0.05, 0) is 17.0 Å². The first-order valence-electron chi connectivity index (χ1n) is 8.23. The molecule has 3 rings (SSSR count). The Morgan fingerprint density at radius 3 is 2.60 bits per heavy atom. The summed E-state index contributed by atoms with van der Waals surface area (Å²) in [5.41, 5.74) is 3.52. The van der Waals surface area contributed by atoms with Gasteiger partial charge < -0.3 is 10.0 Å². The number of thiophene rings is 1. The van der Waals surface area contributed by atoms with Crippen LogP contribution in [-0.2, 0) is 4.79 Å². The SMILES string of the molecule is CC(C)c1ccc(-c2csc3ncnc(N(C)CCC(=O)O)c23)cc1. The van der Waals surface area contributed by atoms with Crippen LogP contribution in [0.3, 0.4) is 0 Å². The topological polar surface area (TPSA) is 66.3 Å². The van der Waals surface area contributed by atoms with E-state index in [1.54, 1.807) is 11.3 Å². The molecule has 0 saturated heterocycles. The number of hydrogen-bond donors (Lipinski definition) is 1. The summed E-state index contributed by atoms with van der Waals surface area (Å²) >= 11 is 1.58. The fraction of sp³-hybridized carbons (Fsp3) is 0.316. The molecule has 5 nitrogen and oxygen atoms in total. The Morgan fingerprint density at radius 2 is 1.96 bits per heavy atom. The monoisotopic (exact) mass is 355 g/mol. The van der Waals surface area contributed by atoms with Gasteiger partial charge in [-0.15, -0.1) is 11.3 Å². The van der Waals surface area contributed by atoms with Gasteiger partial charge in [-0.2, -0.15) is 0 Å². The number of benzene rings is 1. The molecule has 0 atom stereocenters. The van der Waals surface area contributed by atoms with Crippen LogP contribution in [0.4, 0.5) is 5.82 Å². The highest BCUT2D eigenvalue weighted by Gasteiger charge is 2.16. The molecule has 0 bridgehead atoms. The smallest absolute Gasteiger partial charge is 0.305 e. The lowest BCUT2D eigenvalue weighted by molar-refractivity contribution is -0.136. The number of carboxylic acid groups (broad SMARTS) is 1. The van der Waals surface area contributed by atoms with Crippen LogP contribution in [-0.4, -0.2) is 34.6 Å². The molecule has 0 aliphatic carbocycles. The standard InChI is InChI=1S/C19H21N3O2S/c1-12(2)13-4-6-14(7-5-13)15-10-25-19-17(15)18(20-11-21-19)22(3)9-8-16(23)24/h4-7,10-12H,8-9H2,1-3H3,(H,23,24). The second-order valence-corrected chi connectivity index (χ2v) is 7.23. The summed E-state index contributed by atoms with van der Waals surface area (Å²) in [7, 11) is 1.87. The lowest BCUT2D eigenvalue weighted by Crippen LogP contribution is -2.22. The average molecular weight is 355 g/mol. The van der Waals surface area contributed by atoms with Gasteiger partial charge in [-0.25, -0.2) is 9.97 Å². The van der Waals surface area contributed by atoms with Gasteiger partial charge in [-0.1, -0.05) is 38.1 Å². The molecule has 2 aromatic heterocycles. The van der Waals surface area contributed by atoms with Crippen molar-refractivity contribution >= 4 is 33.3 Å². The van der Waals surface area contributed by atoms with Crippen LogP contribution in [0.25, 0.3) is 21.3 Å². The largest absolute Gasteiger partial charge is 0.481 e. The third kappa shape index (κ3) is 3.64. The van der Waals surface area contributed by atoms with Crippen LogP contribution < -0.4 is 4.90 Å². The minimum atomic E-state index is -0.813. The second-order valence-electron chi connectivity index (χ2n) is 6.37. The van der Waals surface area contributed by atoms with E-state index in [9.17, 15) is 4.79 Å². The molecule has 0 aliphatic rings. The Hall–Kier alpha value is -2.47. The summed E-state index contributed by atoms with van der Waals surface area (Å²) in [5.74, 6) is 0.455. The molecule has 0 amide bonds. The predicted octanol–water partition coefficient (Wildman–Crippen LogP) is 4.39. The highest BCUT2D eigenvalue weighted by atomic mass is 32.1. The lowest BCUT2D eigenvalue weighted by Gasteiger charge is -2.18. The van der Waals surface area contributed by atoms with Gasteiger partial charge in [0.25, 0.3) is 0 Å². The molecule has 0 unspecified atom stereocenters. The summed E-state index contributed by atoms with van der Waals surface area (Å²) in [6.07, 6.45) is 1.61. The van der Waals surface area contributed by atoms with E-state index in [-0.39, 0.29) is 6.42 Å². The fourth-order valence-corrected chi connectivity index (χ4v) is 3.69. The average Bonchev–Trinajstić information content (AvgIpc) is 3.03. The van der Waals surface area contributed by atoms with Crippen molar-refractivity contribution < 1.29 is 9.90 Å². The van der Waals surface area contributed by atoms with Gasteiger partial charge in [0.05, 0.1) is 11.8 Å². The zero-order valence-electron chi connectivity index (χ0n) is 14.6. The van der Waals surface area contributed by atoms with Crippen LogP contribution in [0, 0.1) is 0 Å². The van der Waals surface area contributed by atoms with E-state index in [4.69, 9.17) is 5.11 Å². The molecule has 130 valence electrons. The minimum absolute atomic E-state index is 0.0740. The van der Waals surface area contributed by atoms with Gasteiger partial charge in [0.1, 0.15) is 17.0 Å². The van der Waals surface area contributed by atoms with Crippen molar-refractivity contribution in [2.24, 2.45) is 0 Å². The number of aromatic nitrogens is 2. The molecule has 1 N–H and O–H groups in total. The highest BCUT2D eigenvalue weighted by molar-refractivity contribution is 7.17. The number of carbonyl (C=O) groups is 1. The molecule has 3 aromatic rings. The van der Waals surface area contributed by atoms with E-state index in [0.29, 0.717) is 12.5 Å². The number of rotatable bonds is 6. The Morgan fingerprint density at radius 1 is 1.24 bits per heavy atom. The normalized spacial score (nSPS) is 11.2. The maximum atomic E-state index is 10.9. The van der Waals surface area contributed by atoms with E-state index in [1.807, 2.05) is 11.9 Å². The number of fused-ring (bicyclic) bond motifs is 1. The molecular weight excluding hydrogens is 334 g/mol. The predicted molar refractivity (Wildman–Crippen MR) is 102 cm³/mol. The molecule has 0 radical (unpaired) electrons. The summed E-state index contributed by atoms with van der Waals surface area (Å²) in [6, 6.07) is 8.57. The molecule has 0 spiro atoms. The van der Waals surface area contributed by atoms with E-state index >= 15 is 0 Å². The van der Waals surface area contributed by atoms with Gasteiger partial charge in [0.15, 0.2) is 0 Å². The van der Waals surface area contributed by atoms with Crippen LogP contribution >= 0.6 is 11.3 Å². The number of hydrogen-bond acceptors (Lipinski definition) is 5. The van der Waals surface area contributed by atoms with E-state index in [2.05, 4.69) is 53.5 Å². The van der Waals surface area contributed by atoms with Crippen molar-refractivity contribution in [1.29, 1.82) is 0 Å². The number of nitrogens with zero attached hydrogens (tertiary/aromatic N) is 3. The van der Waals surface area contributed by atoms with Crippen molar-refractivity contribution in [3.8, 4) is 11.1 Å². The molecule has 0 aliphatic heterocycles. The van der Waals surface area contributed by atoms with Crippen molar-refractivity contribution in [2.45, 2.75) is 26.2 Å². The van der Waals surface area contributed by atoms with Crippen molar-refractivity contribution in [3.05, 3.63) is 41.5 Å². The van der Waals surface area contributed by atoms with E-state index < -0.39 is 5.97 Å². The summed E-state index contributed by atoms with van der Waals surface area (Å²) in [4.78, 5) is 22.5. The quantitative estimate of drug-likeness (QED) is 0.710. The van der Waals surface area contributed by atoms with Gasteiger partial charge in [0.2, 0.25) is 0 Å². The van der Waals surface area contributed by atoms with Crippen molar-refractivity contribution in [2.75, 3.05) is 18.5 Å². The van der Waals surface area contributed by atoms with Crippen LogP contribution in [0.5, 0.6) is 0 Å². The zero-order valence-corrected chi connectivity index (χ0v) is 15.4. The van der Waals surface area contributed by atoms with E-state index in [0.717, 1.165) is 27.2 Å². The Kier molecular flexibility index (Phi) is 4.99. The fourth-order valence-electron chi connectivity index (χ4n) is 2.78. The Bertz CT molecular complexity index is 887. The van der Waals surface area contributed by atoms with Crippen LogP contribution in [0.2, 0.25) is 0 Å². The van der Waals surface area contributed by atoms with Crippen molar-refractivity contribution in [1.82, 2.24) is 9.97 Å². The van der Waals surface area contributed by atoms with E-state index in [1.165, 1.54) is 11.9 Å². The zero-order chi connectivity index (χ0) is 18.0. The summed E-state index contributed by atoms with van der Waals surface area (Å²) < 4.78 is 0. The molecular formula is C19H21N3O2S. The molecule has 2 heterocycles. The number of anilines is 1. The van der Waals surface area contributed by atoms with Gasteiger partial charge >= 0.3 is 5.97 Å². The first-order chi connectivity index (χ1) is 12.0. The third-order valence-corrected chi connectivity index (χ3v) is 5.15. The van der Waals surface area contributed by atoms with Crippen LogP contribution in [0.1, 0.15) is 31.7 Å². The lowest BCUT2D eigenvalue weighted by atomic mass is 9.99. The third-order valence-electron chi connectivity index (χ3n) is 4.26. The van der Waals surface area contributed by atoms with Crippen LogP contribution in [0.15, 0.2) is 36.0 Å². The Labute approximate surface area is 151 Å². The van der Waals surface area contributed by atoms with Gasteiger partial charge in [0, 0.05) is 24.5 Å². The summed E-state index contributed by atoms with van der Waals surface area (Å²) in [6.45, 7) is 4.76. The minimum Gasteiger partial charge on any atom is -0.481 e. The molecule has 0 saturated carbocycles. The molecule has 0 fully saturated rings.